The highest BCUT2D eigenvalue weighted by atomic mass is 35.5. The molecule has 1 saturated carbocycles. The summed E-state index contributed by atoms with van der Waals surface area (Å²) in [6.07, 6.45) is 2.88. The summed E-state index contributed by atoms with van der Waals surface area (Å²) >= 11 is 12.5. The number of hydrogen-bond donors (Lipinski definition) is 4. The van der Waals surface area contributed by atoms with Gasteiger partial charge in [0.1, 0.15) is 28.3 Å². The van der Waals surface area contributed by atoms with Gasteiger partial charge < -0.3 is 21.1 Å². The van der Waals surface area contributed by atoms with Crippen LogP contribution in [0.1, 0.15) is 69.4 Å². The van der Waals surface area contributed by atoms with Gasteiger partial charge in [-0.15, -0.1) is 0 Å². The molecule has 2 saturated heterocycles. The minimum absolute atomic E-state index is 0.0256. The van der Waals surface area contributed by atoms with Crippen LogP contribution < -0.4 is 21.7 Å². The highest BCUT2D eigenvalue weighted by molar-refractivity contribution is 6.31. The van der Waals surface area contributed by atoms with Crippen molar-refractivity contribution < 1.29 is 23.5 Å². The topological polar surface area (TPSA) is 135 Å². The number of ether oxygens (including phenoxy) is 1. The number of rotatable bonds is 4. The number of nitrogens with zero attached hydrogens (tertiary/aromatic N) is 1. The van der Waals surface area contributed by atoms with Crippen molar-refractivity contribution in [1.82, 2.24) is 15.6 Å². The molecule has 5 atom stereocenters. The maximum atomic E-state index is 16.0. The maximum absolute atomic E-state index is 16.0. The van der Waals surface area contributed by atoms with Crippen molar-refractivity contribution in [3.63, 3.8) is 0 Å². The molecule has 0 radical (unpaired) electrons. The fourth-order valence-electron chi connectivity index (χ4n) is 7.67. The molecule has 5 N–H and O–H groups in total. The molecule has 0 bridgehead atoms. The SMILES string of the molecule is CC1(C)CCC2(CC1)NC(C(=O)N[C@@H]1CC[C@@H](C(N)=O)OC1)C(c1cccc(Cl)c1F)C21C(=O)Nc2nc(Cl)ccc21. The van der Waals surface area contributed by atoms with Crippen LogP contribution in [0.4, 0.5) is 10.2 Å². The lowest BCUT2D eigenvalue weighted by molar-refractivity contribution is -0.134. The van der Waals surface area contributed by atoms with Crippen LogP contribution >= 0.6 is 23.2 Å². The molecule has 1 aromatic heterocycles. The zero-order chi connectivity index (χ0) is 30.0. The van der Waals surface area contributed by atoms with E-state index in [9.17, 15) is 14.4 Å². The van der Waals surface area contributed by atoms with Gasteiger partial charge in [0.15, 0.2) is 0 Å². The zero-order valence-electron chi connectivity index (χ0n) is 23.4. The number of carbonyl (C=O) groups is 3. The predicted molar refractivity (Wildman–Crippen MR) is 156 cm³/mol. The van der Waals surface area contributed by atoms with Gasteiger partial charge in [-0.3, -0.25) is 19.7 Å². The Kier molecular flexibility index (Phi) is 7.28. The van der Waals surface area contributed by atoms with Crippen LogP contribution in [0.2, 0.25) is 10.2 Å². The highest BCUT2D eigenvalue weighted by Gasteiger charge is 2.73. The van der Waals surface area contributed by atoms with E-state index in [0.717, 1.165) is 12.8 Å². The van der Waals surface area contributed by atoms with Crippen molar-refractivity contribution in [3.05, 3.63) is 57.5 Å². The highest BCUT2D eigenvalue weighted by Crippen LogP contribution is 2.63. The summed E-state index contributed by atoms with van der Waals surface area (Å²) < 4.78 is 21.6. The molecule has 4 aliphatic rings. The predicted octanol–water partition coefficient (Wildman–Crippen LogP) is 3.96. The second kappa shape index (κ2) is 10.4. The number of anilines is 1. The molecule has 2 aromatic rings. The second-order valence-electron chi connectivity index (χ2n) is 12.8. The summed E-state index contributed by atoms with van der Waals surface area (Å²) in [5, 5.41) is 9.70. The summed E-state index contributed by atoms with van der Waals surface area (Å²) in [7, 11) is 0. The number of aromatic nitrogens is 1. The third kappa shape index (κ3) is 4.49. The number of nitrogens with two attached hydrogens (primary N) is 1. The number of carbonyl (C=O) groups excluding carboxylic acids is 3. The van der Waals surface area contributed by atoms with Gasteiger partial charge in [-0.1, -0.05) is 55.2 Å². The molecular weight excluding hydrogens is 584 g/mol. The molecule has 4 heterocycles. The Balaban J connectivity index is 1.49. The van der Waals surface area contributed by atoms with Gasteiger partial charge >= 0.3 is 0 Å². The van der Waals surface area contributed by atoms with Crippen molar-refractivity contribution in [2.75, 3.05) is 11.9 Å². The molecular formula is C30H34Cl2FN5O4. The third-order valence-corrected chi connectivity index (χ3v) is 10.4. The van der Waals surface area contributed by atoms with E-state index in [1.807, 2.05) is 0 Å². The van der Waals surface area contributed by atoms with Crippen LogP contribution in [-0.2, 0) is 24.5 Å². The lowest BCUT2D eigenvalue weighted by Crippen LogP contribution is -2.61. The first-order valence-corrected chi connectivity index (χ1v) is 15.1. The maximum Gasteiger partial charge on any atom is 0.246 e. The standard InChI is InChI=1S/C30H34Cl2FN5O4/c1-28(2)10-12-29(13-11-28)30(17-7-9-20(32)36-25(17)37-27(30)41)21(16-4-3-5-18(31)22(16)33)23(38-29)26(40)35-15-6-8-19(24(34)39)42-14-15/h3-5,7,9,15,19,21,23,38H,6,8,10-14H2,1-2H3,(H2,34,39)(H,35,40)(H,36,37,41)/t15-,19+,21?,23?,30?/m1/s1. The van der Waals surface area contributed by atoms with Gasteiger partial charge in [-0.25, -0.2) is 9.37 Å². The number of fused-ring (bicyclic) bond motifs is 3. The molecule has 6 rings (SSSR count). The molecule has 2 spiro atoms. The summed E-state index contributed by atoms with van der Waals surface area (Å²) in [6.45, 7) is 4.48. The molecule has 3 amide bonds. The fraction of sp³-hybridized carbons (Fsp3) is 0.533. The molecule has 3 fully saturated rings. The van der Waals surface area contributed by atoms with Crippen LogP contribution in [-0.4, -0.2) is 53.0 Å². The van der Waals surface area contributed by atoms with Crippen molar-refractivity contribution in [1.29, 1.82) is 0 Å². The third-order valence-electron chi connectivity index (χ3n) is 9.86. The lowest BCUT2D eigenvalue weighted by atomic mass is 9.53. The van der Waals surface area contributed by atoms with Crippen LogP contribution in [0.15, 0.2) is 30.3 Å². The van der Waals surface area contributed by atoms with E-state index in [-0.39, 0.29) is 39.7 Å². The second-order valence-corrected chi connectivity index (χ2v) is 13.6. The van der Waals surface area contributed by atoms with E-state index in [1.165, 1.54) is 6.07 Å². The van der Waals surface area contributed by atoms with E-state index >= 15 is 4.39 Å². The number of halogens is 3. The van der Waals surface area contributed by atoms with Crippen LogP contribution in [0.25, 0.3) is 0 Å². The average Bonchev–Trinajstić information content (AvgIpc) is 3.40. The van der Waals surface area contributed by atoms with Gasteiger partial charge in [0.05, 0.1) is 23.7 Å². The summed E-state index contributed by atoms with van der Waals surface area (Å²) in [4.78, 5) is 44.7. The molecule has 1 aromatic carbocycles. The minimum atomic E-state index is -1.38. The molecule has 9 nitrogen and oxygen atoms in total. The van der Waals surface area contributed by atoms with E-state index in [2.05, 4.69) is 34.8 Å². The molecule has 3 unspecified atom stereocenters. The average molecular weight is 619 g/mol. The number of amides is 3. The number of hydrogen-bond acceptors (Lipinski definition) is 6. The minimum Gasteiger partial charge on any atom is -0.367 e. The quantitative estimate of drug-likeness (QED) is 0.384. The van der Waals surface area contributed by atoms with E-state index in [4.69, 9.17) is 33.7 Å². The first kappa shape index (κ1) is 29.3. The Morgan fingerprint density at radius 2 is 1.86 bits per heavy atom. The van der Waals surface area contributed by atoms with Gasteiger partial charge in [0.2, 0.25) is 17.7 Å². The first-order chi connectivity index (χ1) is 19.9. The van der Waals surface area contributed by atoms with E-state index in [1.54, 1.807) is 24.3 Å². The normalized spacial score (nSPS) is 31.1. The van der Waals surface area contributed by atoms with Crippen LogP contribution in [0.3, 0.4) is 0 Å². The van der Waals surface area contributed by atoms with Crippen molar-refractivity contribution >= 4 is 46.7 Å². The Bertz CT molecular complexity index is 1450. The molecule has 3 aliphatic heterocycles. The number of benzene rings is 1. The van der Waals surface area contributed by atoms with Gasteiger partial charge in [0.25, 0.3) is 0 Å². The molecule has 12 heteroatoms. The van der Waals surface area contributed by atoms with Crippen molar-refractivity contribution in [2.45, 2.75) is 87.4 Å². The monoisotopic (exact) mass is 617 g/mol. The summed E-state index contributed by atoms with van der Waals surface area (Å²) in [6, 6.07) is 6.67. The fourth-order valence-corrected chi connectivity index (χ4v) is 8.00. The largest absolute Gasteiger partial charge is 0.367 e. The van der Waals surface area contributed by atoms with Gasteiger partial charge in [-0.2, -0.15) is 0 Å². The smallest absolute Gasteiger partial charge is 0.246 e. The van der Waals surface area contributed by atoms with E-state index in [0.29, 0.717) is 37.1 Å². The van der Waals surface area contributed by atoms with Gasteiger partial charge in [-0.05, 0) is 61.6 Å². The van der Waals surface area contributed by atoms with Crippen molar-refractivity contribution in [2.24, 2.45) is 11.1 Å². The first-order valence-electron chi connectivity index (χ1n) is 14.3. The van der Waals surface area contributed by atoms with Gasteiger partial charge in [0, 0.05) is 17.0 Å². The summed E-state index contributed by atoms with van der Waals surface area (Å²) in [5.41, 5.74) is 3.88. The number of primary amides is 1. The molecule has 224 valence electrons. The Morgan fingerprint density at radius 3 is 2.52 bits per heavy atom. The zero-order valence-corrected chi connectivity index (χ0v) is 24.9. The molecule has 1 aliphatic carbocycles. The van der Waals surface area contributed by atoms with E-state index < -0.39 is 46.6 Å². The van der Waals surface area contributed by atoms with Crippen molar-refractivity contribution in [3.8, 4) is 0 Å². The van der Waals surface area contributed by atoms with Crippen LogP contribution in [0, 0.1) is 11.2 Å². The number of nitrogens with one attached hydrogen (secondary N) is 3. The van der Waals surface area contributed by atoms with Crippen LogP contribution in [0.5, 0.6) is 0 Å². The Labute approximate surface area is 253 Å². The summed E-state index contributed by atoms with van der Waals surface area (Å²) in [5.74, 6) is -2.63. The molecule has 42 heavy (non-hydrogen) atoms. The Hall–Kier alpha value is -2.79. The number of pyridine rings is 1. The lowest BCUT2D eigenvalue weighted by Gasteiger charge is -2.50. The Morgan fingerprint density at radius 1 is 1.12 bits per heavy atom.